The average molecular weight is 732 g/mol. The van der Waals surface area contributed by atoms with E-state index in [2.05, 4.69) is 0 Å². The van der Waals surface area contributed by atoms with Gasteiger partial charge in [-0.15, -0.1) is 23.2 Å². The summed E-state index contributed by atoms with van der Waals surface area (Å²) in [6.07, 6.45) is 0.0764. The molecule has 0 aromatic heterocycles. The molecule has 0 heterocycles. The van der Waals surface area contributed by atoms with Crippen LogP contribution in [0, 0.1) is 0 Å². The summed E-state index contributed by atoms with van der Waals surface area (Å²) >= 11 is 11.5. The topological polar surface area (TPSA) is 124 Å². The Kier molecular flexibility index (Phi) is 13.2. The molecular weight excluding hydrogens is 695 g/mol. The summed E-state index contributed by atoms with van der Waals surface area (Å²) in [6, 6.07) is 28.6. The molecule has 49 heavy (non-hydrogen) atoms. The minimum atomic E-state index is -3.99. The Morgan fingerprint density at radius 2 is 0.837 bits per heavy atom. The van der Waals surface area contributed by atoms with Crippen molar-refractivity contribution in [2.45, 2.75) is 61.3 Å². The van der Waals surface area contributed by atoms with Crippen LogP contribution in [-0.4, -0.2) is 44.1 Å². The molecule has 0 N–H and O–H groups in total. The summed E-state index contributed by atoms with van der Waals surface area (Å²) in [5.74, 6) is -3.66. The first-order chi connectivity index (χ1) is 23.6. The first-order valence-corrected chi connectivity index (χ1v) is 18.0. The van der Waals surface area contributed by atoms with Gasteiger partial charge in [0.15, 0.2) is 0 Å². The normalized spacial score (nSPS) is 13.6. The van der Waals surface area contributed by atoms with Crippen molar-refractivity contribution in [1.82, 2.24) is 0 Å². The second-order valence-electron chi connectivity index (χ2n) is 10.4. The molecule has 260 valence electrons. The van der Waals surface area contributed by atoms with Crippen LogP contribution < -0.4 is 18.9 Å². The van der Waals surface area contributed by atoms with Gasteiger partial charge in [0, 0.05) is 11.8 Å². The molecule has 10 nitrogen and oxygen atoms in total. The quantitative estimate of drug-likeness (QED) is 0.0567. The van der Waals surface area contributed by atoms with Gasteiger partial charge >= 0.3 is 23.9 Å². The molecule has 0 spiro atoms. The number of esters is 2. The minimum absolute atomic E-state index is 0.0240. The largest absolute Gasteiger partial charge is 0.421 e. The number of para-hydroxylation sites is 2. The predicted octanol–water partition coefficient (Wildman–Crippen LogP) is 7.91. The van der Waals surface area contributed by atoms with Crippen LogP contribution in [-0.2, 0) is 28.9 Å². The lowest BCUT2D eigenvalue weighted by Gasteiger charge is -2.32. The lowest BCUT2D eigenvalue weighted by molar-refractivity contribution is -0.287. The summed E-state index contributed by atoms with van der Waals surface area (Å²) in [4.78, 5) is 24.8. The molecule has 0 saturated carbocycles. The molecule has 2 unspecified atom stereocenters. The highest BCUT2D eigenvalue weighted by Gasteiger charge is 2.40. The van der Waals surface area contributed by atoms with Crippen molar-refractivity contribution in [2.75, 3.05) is 11.8 Å². The molecular formula is C36H36Cl2O10S. The van der Waals surface area contributed by atoms with E-state index in [1.807, 2.05) is 0 Å². The molecule has 13 heteroatoms. The molecule has 0 bridgehead atoms. The smallest absolute Gasteiger partial charge is 0.418 e. The third-order valence-corrected chi connectivity index (χ3v) is 9.01. The van der Waals surface area contributed by atoms with Crippen molar-refractivity contribution in [2.24, 2.45) is 0 Å². The van der Waals surface area contributed by atoms with Gasteiger partial charge in [0.1, 0.15) is 23.0 Å². The van der Waals surface area contributed by atoms with E-state index >= 15 is 0 Å². The van der Waals surface area contributed by atoms with Crippen LogP contribution >= 0.6 is 23.2 Å². The number of alkyl halides is 2. The van der Waals surface area contributed by atoms with Gasteiger partial charge in [-0.3, -0.25) is 9.59 Å². The van der Waals surface area contributed by atoms with E-state index in [1.165, 1.54) is 48.5 Å². The average Bonchev–Trinajstić information content (AvgIpc) is 3.09. The zero-order chi connectivity index (χ0) is 35.3. The Morgan fingerprint density at radius 3 is 1.12 bits per heavy atom. The fraction of sp³-hybridized carbons (Fsp3) is 0.278. The zero-order valence-corrected chi connectivity index (χ0v) is 29.2. The second-order valence-corrected chi connectivity index (χ2v) is 13.1. The van der Waals surface area contributed by atoms with E-state index < -0.39 is 33.7 Å². The fourth-order valence-corrected chi connectivity index (χ4v) is 5.94. The number of carbonyl (C=O) groups excluding carboxylic acids is 2. The molecule has 4 rings (SSSR count). The third kappa shape index (κ3) is 10.3. The Balaban J connectivity index is 1.54. The first-order valence-electron chi connectivity index (χ1n) is 15.4. The van der Waals surface area contributed by atoms with E-state index in [0.717, 1.165) is 0 Å². The molecule has 0 saturated heterocycles. The molecule has 4 aromatic carbocycles. The maximum atomic E-state index is 13.6. The number of hydrogen-bond donors (Lipinski definition) is 0. The third-order valence-electron chi connectivity index (χ3n) is 6.85. The van der Waals surface area contributed by atoms with Crippen LogP contribution in [0.15, 0.2) is 119 Å². The van der Waals surface area contributed by atoms with Crippen molar-refractivity contribution < 1.29 is 46.4 Å². The van der Waals surface area contributed by atoms with Gasteiger partial charge in [0.25, 0.3) is 0 Å². The summed E-state index contributed by atoms with van der Waals surface area (Å²) in [5, 5.41) is 0. The Hall–Kier alpha value is -4.45. The zero-order valence-electron chi connectivity index (χ0n) is 26.9. The lowest BCUT2D eigenvalue weighted by atomic mass is 10.3. The van der Waals surface area contributed by atoms with Gasteiger partial charge in [-0.05, 0) is 72.8 Å². The van der Waals surface area contributed by atoms with Gasteiger partial charge < -0.3 is 28.4 Å². The molecule has 2 atom stereocenters. The highest BCUT2D eigenvalue weighted by atomic mass is 35.5. The SMILES string of the molecule is CCC(OC(=O)CCCl)(Oc1ccccc1)Oc1ccc(S(=O)(=O)c2ccc(OC(CC)(OC(=O)CCCl)Oc3ccccc3)cc2)cc1. The maximum Gasteiger partial charge on any atom is 0.418 e. The van der Waals surface area contributed by atoms with Gasteiger partial charge in [-0.1, -0.05) is 50.2 Å². The van der Waals surface area contributed by atoms with Gasteiger partial charge in [0.2, 0.25) is 9.84 Å². The number of rotatable bonds is 18. The summed E-state index contributed by atoms with van der Waals surface area (Å²) in [5.41, 5.74) is 0. The molecule has 0 fully saturated rings. The second kappa shape index (κ2) is 17.3. The predicted molar refractivity (Wildman–Crippen MR) is 183 cm³/mol. The number of ether oxygens (including phenoxy) is 6. The van der Waals surface area contributed by atoms with E-state index in [1.54, 1.807) is 74.5 Å². The molecule has 0 aliphatic carbocycles. The van der Waals surface area contributed by atoms with Crippen molar-refractivity contribution in [3.05, 3.63) is 109 Å². The van der Waals surface area contributed by atoms with Gasteiger partial charge in [-0.25, -0.2) is 8.42 Å². The number of hydrogen-bond acceptors (Lipinski definition) is 10. The molecule has 0 amide bonds. The van der Waals surface area contributed by atoms with Crippen LogP contribution in [0.3, 0.4) is 0 Å². The van der Waals surface area contributed by atoms with Crippen molar-refractivity contribution in [3.8, 4) is 23.0 Å². The number of carbonyl (C=O) groups is 2. The van der Waals surface area contributed by atoms with Gasteiger partial charge in [-0.2, -0.15) is 0 Å². The summed E-state index contributed by atoms with van der Waals surface area (Å²) < 4.78 is 62.3. The van der Waals surface area contributed by atoms with Crippen molar-refractivity contribution in [3.63, 3.8) is 0 Å². The minimum Gasteiger partial charge on any atom is -0.421 e. The van der Waals surface area contributed by atoms with E-state index in [0.29, 0.717) is 11.5 Å². The highest BCUT2D eigenvalue weighted by Crippen LogP contribution is 2.32. The highest BCUT2D eigenvalue weighted by molar-refractivity contribution is 7.91. The lowest BCUT2D eigenvalue weighted by Crippen LogP contribution is -2.46. The van der Waals surface area contributed by atoms with Crippen LogP contribution in [0.4, 0.5) is 0 Å². The summed E-state index contributed by atoms with van der Waals surface area (Å²) in [7, 11) is -3.99. The van der Waals surface area contributed by atoms with Crippen molar-refractivity contribution >= 4 is 45.0 Å². The molecule has 0 aliphatic heterocycles. The van der Waals surface area contributed by atoms with Crippen LogP contribution in [0.25, 0.3) is 0 Å². The summed E-state index contributed by atoms with van der Waals surface area (Å²) in [6.45, 7) is 3.43. The number of halogens is 2. The number of sulfone groups is 1. The Bertz CT molecular complexity index is 1630. The monoisotopic (exact) mass is 730 g/mol. The Labute approximate surface area is 295 Å². The maximum absolute atomic E-state index is 13.6. The fourth-order valence-electron chi connectivity index (χ4n) is 4.37. The molecule has 0 radical (unpaired) electrons. The van der Waals surface area contributed by atoms with E-state index in [4.69, 9.17) is 51.6 Å². The standard InChI is InChI=1S/C36H36Cl2O10S/c1-3-35(47-33(39)23-25-37,43-27-11-7-5-8-12-27)45-29-15-19-31(20-16-29)49(41,42)32-21-17-30(18-22-32)46-36(4-2,48-34(40)24-26-38)44-28-13-9-6-10-14-28/h5-22H,3-4,23-26H2,1-2H3. The van der Waals surface area contributed by atoms with E-state index in [9.17, 15) is 18.0 Å². The van der Waals surface area contributed by atoms with Crippen LogP contribution in [0.2, 0.25) is 0 Å². The molecule has 0 aliphatic rings. The van der Waals surface area contributed by atoms with Gasteiger partial charge in [0.05, 0.1) is 35.5 Å². The van der Waals surface area contributed by atoms with Crippen molar-refractivity contribution in [1.29, 1.82) is 0 Å². The number of benzene rings is 4. The first kappa shape index (κ1) is 37.4. The van der Waals surface area contributed by atoms with Crippen LogP contribution in [0.5, 0.6) is 23.0 Å². The van der Waals surface area contributed by atoms with E-state index in [-0.39, 0.29) is 58.7 Å². The Morgan fingerprint density at radius 1 is 0.531 bits per heavy atom. The molecule has 4 aromatic rings. The van der Waals surface area contributed by atoms with Crippen LogP contribution in [0.1, 0.15) is 39.5 Å².